The van der Waals surface area contributed by atoms with Crippen LogP contribution in [0.25, 0.3) is 0 Å². The molecule has 1 unspecified atom stereocenters. The quantitative estimate of drug-likeness (QED) is 0.0261. The van der Waals surface area contributed by atoms with Crippen LogP contribution in [-0.4, -0.2) is 37.2 Å². The van der Waals surface area contributed by atoms with Crippen LogP contribution in [0.3, 0.4) is 0 Å². The number of rotatable bonds is 57. The molecule has 6 heteroatoms. The van der Waals surface area contributed by atoms with Gasteiger partial charge in [0.25, 0.3) is 0 Å². The molecule has 0 aromatic rings. The summed E-state index contributed by atoms with van der Waals surface area (Å²) in [5.74, 6) is -1.10. The number of esters is 3. The first-order valence-electron chi connectivity index (χ1n) is 32.3. The molecule has 0 saturated carbocycles. The van der Waals surface area contributed by atoms with E-state index in [2.05, 4.69) is 142 Å². The lowest BCUT2D eigenvalue weighted by atomic mass is 10.0. The molecule has 1 atom stereocenters. The van der Waals surface area contributed by atoms with Crippen LogP contribution in [0.5, 0.6) is 0 Å². The van der Waals surface area contributed by atoms with Crippen molar-refractivity contribution in [2.45, 2.75) is 284 Å². The van der Waals surface area contributed by atoms with Crippen molar-refractivity contribution in [1.29, 1.82) is 0 Å². The van der Waals surface area contributed by atoms with Crippen LogP contribution in [0, 0.1) is 0 Å². The van der Waals surface area contributed by atoms with E-state index in [-0.39, 0.29) is 38.0 Å². The second kappa shape index (κ2) is 65.8. The van der Waals surface area contributed by atoms with Gasteiger partial charge in [-0.15, -0.1) is 0 Å². The average molecular weight is 1090 g/mol. The van der Waals surface area contributed by atoms with Crippen molar-refractivity contribution in [3.63, 3.8) is 0 Å². The number of carbonyl (C=O) groups is 3. The Hall–Kier alpha value is -4.71. The molecule has 0 saturated heterocycles. The summed E-state index contributed by atoms with van der Waals surface area (Å²) in [6.45, 7) is 6.17. The predicted molar refractivity (Wildman–Crippen MR) is 343 cm³/mol. The number of carbonyl (C=O) groups excluding carboxylic acids is 3. The van der Waals surface area contributed by atoms with Gasteiger partial charge < -0.3 is 14.2 Å². The van der Waals surface area contributed by atoms with Crippen LogP contribution in [0.4, 0.5) is 0 Å². The van der Waals surface area contributed by atoms with Crippen molar-refractivity contribution in [3.8, 4) is 0 Å². The van der Waals surface area contributed by atoms with E-state index in [9.17, 15) is 14.4 Å². The Morgan fingerprint density at radius 2 is 0.481 bits per heavy atom. The minimum Gasteiger partial charge on any atom is -0.462 e. The summed E-state index contributed by atoms with van der Waals surface area (Å²) in [6, 6.07) is 0. The van der Waals surface area contributed by atoms with Crippen LogP contribution < -0.4 is 0 Å². The molecule has 79 heavy (non-hydrogen) atoms. The fourth-order valence-corrected chi connectivity index (χ4v) is 8.64. The standard InChI is InChI=1S/C73H118O6/c1-4-7-10-13-16-19-22-25-26-27-28-29-30-31-32-33-34-35-36-37-38-39-40-41-42-43-44-45-46-49-51-54-57-60-63-66-72(75)78-69-70(79-73(76)67-64-61-58-55-52-48-24-21-18-15-12-9-6-3)68-77-71(74)65-62-59-56-53-50-47-23-20-17-14-11-8-5-2/h7-12,16-21,25-26,28-29,47-48,50,52,56,58-59,61,70H,4-6,13-15,22-24,27,30-46,49,51,53-55,57,60,62-69H2,1-3H3/b10-7-,11-8-,12-9-,19-16-,20-17-,21-18-,26-25-,29-28-,50-47-,52-48-,59-56-,61-58-. The molecule has 0 bridgehead atoms. The van der Waals surface area contributed by atoms with E-state index in [4.69, 9.17) is 14.2 Å². The Morgan fingerprint density at radius 3 is 0.785 bits per heavy atom. The van der Waals surface area contributed by atoms with Gasteiger partial charge in [0.2, 0.25) is 0 Å². The molecule has 0 rings (SSSR count). The topological polar surface area (TPSA) is 78.9 Å². The normalized spacial score (nSPS) is 13.1. The highest BCUT2D eigenvalue weighted by Crippen LogP contribution is 2.16. The molecule has 0 heterocycles. The summed E-state index contributed by atoms with van der Waals surface area (Å²) < 4.78 is 16.7. The highest BCUT2D eigenvalue weighted by Gasteiger charge is 2.19. The lowest BCUT2D eigenvalue weighted by Gasteiger charge is -2.18. The van der Waals surface area contributed by atoms with Crippen LogP contribution in [0.1, 0.15) is 278 Å². The van der Waals surface area contributed by atoms with E-state index >= 15 is 0 Å². The van der Waals surface area contributed by atoms with Gasteiger partial charge in [0.05, 0.1) is 0 Å². The van der Waals surface area contributed by atoms with Crippen molar-refractivity contribution in [2.24, 2.45) is 0 Å². The Kier molecular flexibility index (Phi) is 61.9. The van der Waals surface area contributed by atoms with Gasteiger partial charge in [-0.1, -0.05) is 295 Å². The van der Waals surface area contributed by atoms with E-state index < -0.39 is 12.1 Å². The fraction of sp³-hybridized carbons (Fsp3) is 0.630. The molecule has 0 aromatic carbocycles. The second-order valence-corrected chi connectivity index (χ2v) is 20.9. The summed E-state index contributed by atoms with van der Waals surface area (Å²) >= 11 is 0. The SMILES string of the molecule is CC/C=C\C/C=C\C/C=C\C/C=C\CCCCCCCCCCCCCCCCCCCCCCCCC(=O)OCC(COC(=O)CC/C=C\C/C=C\C/C=C\C/C=C\CC)OC(=O)CC/C=C\C/C=C\C/C=C\C/C=C\CC. The summed E-state index contributed by atoms with van der Waals surface area (Å²) in [7, 11) is 0. The summed E-state index contributed by atoms with van der Waals surface area (Å²) in [6.07, 6.45) is 95.0. The summed E-state index contributed by atoms with van der Waals surface area (Å²) in [5, 5.41) is 0. The van der Waals surface area contributed by atoms with E-state index in [1.54, 1.807) is 0 Å². The molecule has 0 aliphatic rings. The van der Waals surface area contributed by atoms with Crippen LogP contribution in [-0.2, 0) is 28.6 Å². The lowest BCUT2D eigenvalue weighted by molar-refractivity contribution is -0.166. The second-order valence-electron chi connectivity index (χ2n) is 20.9. The molecule has 0 N–H and O–H groups in total. The molecule has 0 aliphatic heterocycles. The van der Waals surface area contributed by atoms with Crippen molar-refractivity contribution < 1.29 is 28.6 Å². The van der Waals surface area contributed by atoms with Crippen molar-refractivity contribution in [1.82, 2.24) is 0 Å². The van der Waals surface area contributed by atoms with E-state index in [0.29, 0.717) is 19.3 Å². The third-order valence-electron chi connectivity index (χ3n) is 13.3. The molecular formula is C73H118O6. The molecular weight excluding hydrogens is 973 g/mol. The smallest absolute Gasteiger partial charge is 0.306 e. The van der Waals surface area contributed by atoms with Gasteiger partial charge in [-0.25, -0.2) is 0 Å². The van der Waals surface area contributed by atoms with Gasteiger partial charge in [0.15, 0.2) is 6.10 Å². The Balaban J connectivity index is 4.15. The zero-order valence-electron chi connectivity index (χ0n) is 51.1. The van der Waals surface area contributed by atoms with E-state index in [1.165, 1.54) is 128 Å². The Labute approximate surface area is 487 Å². The molecule has 0 amide bonds. The summed E-state index contributed by atoms with van der Waals surface area (Å²) in [4.78, 5) is 38.1. The number of unbranched alkanes of at least 4 members (excludes halogenated alkanes) is 22. The van der Waals surface area contributed by atoms with Gasteiger partial charge in [-0.2, -0.15) is 0 Å². The largest absolute Gasteiger partial charge is 0.462 e. The highest BCUT2D eigenvalue weighted by atomic mass is 16.6. The molecule has 446 valence electrons. The van der Waals surface area contributed by atoms with E-state index in [1.807, 2.05) is 24.3 Å². The molecule has 0 aliphatic carbocycles. The van der Waals surface area contributed by atoms with Crippen molar-refractivity contribution >= 4 is 17.9 Å². The maximum Gasteiger partial charge on any atom is 0.306 e. The third-order valence-corrected chi connectivity index (χ3v) is 13.3. The van der Waals surface area contributed by atoms with Gasteiger partial charge in [-0.3, -0.25) is 14.4 Å². The predicted octanol–water partition coefficient (Wildman–Crippen LogP) is 22.3. The fourth-order valence-electron chi connectivity index (χ4n) is 8.64. The van der Waals surface area contributed by atoms with Crippen LogP contribution >= 0.6 is 0 Å². The monoisotopic (exact) mass is 1090 g/mol. The zero-order chi connectivity index (χ0) is 57.1. The molecule has 0 radical (unpaired) electrons. The molecule has 0 spiro atoms. The average Bonchev–Trinajstić information content (AvgIpc) is 3.45. The zero-order valence-corrected chi connectivity index (χ0v) is 51.1. The number of hydrogen-bond donors (Lipinski definition) is 0. The maximum atomic E-state index is 12.8. The maximum absolute atomic E-state index is 12.8. The first-order chi connectivity index (χ1) is 39.0. The van der Waals surface area contributed by atoms with Crippen molar-refractivity contribution in [3.05, 3.63) is 146 Å². The Bertz CT molecular complexity index is 1730. The third kappa shape index (κ3) is 64.0. The number of allylic oxidation sites excluding steroid dienone is 24. The van der Waals surface area contributed by atoms with E-state index in [0.717, 1.165) is 96.3 Å². The summed E-state index contributed by atoms with van der Waals surface area (Å²) in [5.41, 5.74) is 0. The lowest BCUT2D eigenvalue weighted by Crippen LogP contribution is -2.30. The molecule has 0 aromatic heterocycles. The van der Waals surface area contributed by atoms with Gasteiger partial charge in [-0.05, 0) is 109 Å². The molecule has 0 fully saturated rings. The van der Waals surface area contributed by atoms with Crippen LogP contribution in [0.15, 0.2) is 146 Å². The molecule has 6 nitrogen and oxygen atoms in total. The van der Waals surface area contributed by atoms with Crippen LogP contribution in [0.2, 0.25) is 0 Å². The minimum atomic E-state index is -0.848. The highest BCUT2D eigenvalue weighted by molar-refractivity contribution is 5.71. The first kappa shape index (κ1) is 74.3. The Morgan fingerprint density at radius 1 is 0.253 bits per heavy atom. The first-order valence-corrected chi connectivity index (χ1v) is 32.3. The van der Waals surface area contributed by atoms with Gasteiger partial charge in [0.1, 0.15) is 13.2 Å². The minimum absolute atomic E-state index is 0.130. The number of hydrogen-bond acceptors (Lipinski definition) is 6. The van der Waals surface area contributed by atoms with Gasteiger partial charge in [0, 0.05) is 19.3 Å². The van der Waals surface area contributed by atoms with Crippen molar-refractivity contribution in [2.75, 3.05) is 13.2 Å². The van der Waals surface area contributed by atoms with Gasteiger partial charge >= 0.3 is 17.9 Å². The number of ether oxygens (including phenoxy) is 3.